The zero-order valence-electron chi connectivity index (χ0n) is 14.6. The van der Waals surface area contributed by atoms with Crippen molar-refractivity contribution in [2.24, 2.45) is 0 Å². The van der Waals surface area contributed by atoms with Crippen LogP contribution in [-0.4, -0.2) is 18.9 Å². The number of hydrogen-bond donors (Lipinski definition) is 0. The lowest BCUT2D eigenvalue weighted by atomic mass is 10.0. The minimum atomic E-state index is -0.478. The quantitative estimate of drug-likeness (QED) is 0.389. The molecule has 0 bridgehead atoms. The summed E-state index contributed by atoms with van der Waals surface area (Å²) in [5.41, 5.74) is 2.28. The topological polar surface area (TPSA) is 52.6 Å². The molecule has 26 heavy (non-hydrogen) atoms. The molecule has 0 unspecified atom stereocenters. The first-order valence-corrected chi connectivity index (χ1v) is 8.15. The van der Waals surface area contributed by atoms with Gasteiger partial charge < -0.3 is 9.47 Å². The average molecular weight is 346 g/mol. The molecule has 0 fully saturated rings. The summed E-state index contributed by atoms with van der Waals surface area (Å²) in [4.78, 5) is 24.8. The SMILES string of the molecule is COc1cccc(C(=O)Oc2ccc(C(=O)c3ccccc3)cc2C)c1. The molecule has 0 spiro atoms. The van der Waals surface area contributed by atoms with Gasteiger partial charge in [-0.3, -0.25) is 4.79 Å². The lowest BCUT2D eigenvalue weighted by molar-refractivity contribution is 0.0733. The van der Waals surface area contributed by atoms with Crippen LogP contribution >= 0.6 is 0 Å². The van der Waals surface area contributed by atoms with E-state index in [2.05, 4.69) is 0 Å². The smallest absolute Gasteiger partial charge is 0.343 e. The molecule has 0 saturated carbocycles. The maximum Gasteiger partial charge on any atom is 0.343 e. The highest BCUT2D eigenvalue weighted by Crippen LogP contribution is 2.23. The van der Waals surface area contributed by atoms with E-state index in [1.807, 2.05) is 18.2 Å². The molecule has 0 amide bonds. The first kappa shape index (κ1) is 17.4. The fraction of sp³-hybridized carbons (Fsp3) is 0.0909. The molecule has 4 heteroatoms. The summed E-state index contributed by atoms with van der Waals surface area (Å²) in [6.45, 7) is 1.80. The van der Waals surface area contributed by atoms with Crippen molar-refractivity contribution in [3.8, 4) is 11.5 Å². The van der Waals surface area contributed by atoms with Crippen LogP contribution in [0.1, 0.15) is 31.8 Å². The third kappa shape index (κ3) is 3.81. The van der Waals surface area contributed by atoms with Gasteiger partial charge in [-0.2, -0.15) is 0 Å². The number of esters is 1. The second kappa shape index (κ2) is 7.66. The van der Waals surface area contributed by atoms with Gasteiger partial charge >= 0.3 is 5.97 Å². The fourth-order valence-electron chi connectivity index (χ4n) is 2.57. The van der Waals surface area contributed by atoms with Gasteiger partial charge in [0.1, 0.15) is 11.5 Å². The number of rotatable bonds is 5. The standard InChI is InChI=1S/C22H18O4/c1-15-13-17(21(23)16-7-4-3-5-8-16)11-12-20(15)26-22(24)18-9-6-10-19(14-18)25-2/h3-14H,1-2H3. The number of benzene rings is 3. The average Bonchev–Trinajstić information content (AvgIpc) is 2.69. The summed E-state index contributed by atoms with van der Waals surface area (Å²) in [6.07, 6.45) is 0. The lowest BCUT2D eigenvalue weighted by Gasteiger charge is -2.10. The van der Waals surface area contributed by atoms with Gasteiger partial charge in [0.15, 0.2) is 5.78 Å². The Morgan fingerprint density at radius 2 is 1.50 bits per heavy atom. The number of carbonyl (C=O) groups is 2. The van der Waals surface area contributed by atoms with Gasteiger partial charge in [0.2, 0.25) is 0 Å². The van der Waals surface area contributed by atoms with Gasteiger partial charge in [0.25, 0.3) is 0 Å². The second-order valence-corrected chi connectivity index (χ2v) is 5.80. The predicted molar refractivity (Wildman–Crippen MR) is 99.0 cm³/mol. The highest BCUT2D eigenvalue weighted by Gasteiger charge is 2.14. The van der Waals surface area contributed by atoms with Crippen LogP contribution in [-0.2, 0) is 0 Å². The van der Waals surface area contributed by atoms with E-state index in [1.165, 1.54) is 7.11 Å². The molecule has 0 heterocycles. The molecule has 130 valence electrons. The second-order valence-electron chi connectivity index (χ2n) is 5.80. The Hall–Kier alpha value is -3.40. The highest BCUT2D eigenvalue weighted by atomic mass is 16.5. The number of aryl methyl sites for hydroxylation is 1. The van der Waals surface area contributed by atoms with Gasteiger partial charge in [0.05, 0.1) is 12.7 Å². The van der Waals surface area contributed by atoms with Crippen LogP contribution in [0.5, 0.6) is 11.5 Å². The van der Waals surface area contributed by atoms with Crippen molar-refractivity contribution in [2.75, 3.05) is 7.11 Å². The zero-order valence-corrected chi connectivity index (χ0v) is 14.6. The zero-order chi connectivity index (χ0) is 18.5. The van der Waals surface area contributed by atoms with E-state index in [0.29, 0.717) is 33.8 Å². The molecule has 0 atom stereocenters. The minimum Gasteiger partial charge on any atom is -0.497 e. The van der Waals surface area contributed by atoms with Gasteiger partial charge in [-0.25, -0.2) is 4.79 Å². The molecule has 0 aliphatic rings. The van der Waals surface area contributed by atoms with Crippen LogP contribution in [0.4, 0.5) is 0 Å². The summed E-state index contributed by atoms with van der Waals surface area (Å²) in [7, 11) is 1.54. The molecule has 0 aliphatic heterocycles. The summed E-state index contributed by atoms with van der Waals surface area (Å²) in [5, 5.41) is 0. The first-order valence-electron chi connectivity index (χ1n) is 8.15. The minimum absolute atomic E-state index is 0.0700. The van der Waals surface area contributed by atoms with Crippen molar-refractivity contribution in [3.63, 3.8) is 0 Å². The summed E-state index contributed by atoms with van der Waals surface area (Å²) < 4.78 is 10.6. The molecular formula is C22H18O4. The molecule has 3 aromatic rings. The third-order valence-electron chi connectivity index (χ3n) is 3.98. The van der Waals surface area contributed by atoms with Crippen molar-refractivity contribution in [1.29, 1.82) is 0 Å². The number of ketones is 1. The van der Waals surface area contributed by atoms with E-state index in [9.17, 15) is 9.59 Å². The maximum atomic E-state index is 12.5. The maximum absolute atomic E-state index is 12.5. The Morgan fingerprint density at radius 1 is 0.769 bits per heavy atom. The summed E-state index contributed by atoms with van der Waals surface area (Å²) >= 11 is 0. The molecule has 0 N–H and O–H groups in total. The van der Waals surface area contributed by atoms with Gasteiger partial charge in [0, 0.05) is 11.1 Å². The molecule has 0 aromatic heterocycles. The Labute approximate surface area is 152 Å². The van der Waals surface area contributed by atoms with Crippen LogP contribution in [0.25, 0.3) is 0 Å². The van der Waals surface area contributed by atoms with E-state index < -0.39 is 5.97 Å². The van der Waals surface area contributed by atoms with E-state index in [4.69, 9.17) is 9.47 Å². The van der Waals surface area contributed by atoms with Crippen LogP contribution < -0.4 is 9.47 Å². The molecule has 0 saturated heterocycles. The largest absolute Gasteiger partial charge is 0.497 e. The summed E-state index contributed by atoms with van der Waals surface area (Å²) in [6, 6.07) is 20.8. The van der Waals surface area contributed by atoms with Crippen molar-refractivity contribution >= 4 is 11.8 Å². The normalized spacial score (nSPS) is 10.2. The van der Waals surface area contributed by atoms with Crippen LogP contribution in [0.15, 0.2) is 72.8 Å². The van der Waals surface area contributed by atoms with Crippen molar-refractivity contribution < 1.29 is 19.1 Å². The van der Waals surface area contributed by atoms with Gasteiger partial charge in [-0.15, -0.1) is 0 Å². The lowest BCUT2D eigenvalue weighted by Crippen LogP contribution is -2.10. The Balaban J connectivity index is 1.79. The Kier molecular flexibility index (Phi) is 5.13. The van der Waals surface area contributed by atoms with Crippen molar-refractivity contribution in [1.82, 2.24) is 0 Å². The number of methoxy groups -OCH3 is 1. The van der Waals surface area contributed by atoms with Crippen molar-refractivity contribution in [2.45, 2.75) is 6.92 Å². The molecule has 4 nitrogen and oxygen atoms in total. The first-order chi connectivity index (χ1) is 12.6. The Bertz CT molecular complexity index is 945. The van der Waals surface area contributed by atoms with Crippen LogP contribution in [0.3, 0.4) is 0 Å². The molecule has 3 rings (SSSR count). The molecular weight excluding hydrogens is 328 g/mol. The van der Waals surface area contributed by atoms with Gasteiger partial charge in [-0.05, 0) is 48.9 Å². The highest BCUT2D eigenvalue weighted by molar-refractivity contribution is 6.09. The Morgan fingerprint density at radius 3 is 2.19 bits per heavy atom. The van der Waals surface area contributed by atoms with E-state index >= 15 is 0 Å². The van der Waals surface area contributed by atoms with Crippen molar-refractivity contribution in [3.05, 3.63) is 95.1 Å². The van der Waals surface area contributed by atoms with E-state index in [-0.39, 0.29) is 5.78 Å². The monoisotopic (exact) mass is 346 g/mol. The van der Waals surface area contributed by atoms with Gasteiger partial charge in [-0.1, -0.05) is 36.4 Å². The molecule has 0 radical (unpaired) electrons. The van der Waals surface area contributed by atoms with Crippen LogP contribution in [0, 0.1) is 6.92 Å². The summed E-state index contributed by atoms with van der Waals surface area (Å²) in [5.74, 6) is 0.455. The predicted octanol–water partition coefficient (Wildman–Crippen LogP) is 4.45. The third-order valence-corrected chi connectivity index (χ3v) is 3.98. The number of carbonyl (C=O) groups excluding carboxylic acids is 2. The number of ether oxygens (including phenoxy) is 2. The van der Waals surface area contributed by atoms with E-state index in [0.717, 1.165) is 0 Å². The van der Waals surface area contributed by atoms with Crippen LogP contribution in [0.2, 0.25) is 0 Å². The molecule has 0 aliphatic carbocycles. The fourth-order valence-corrected chi connectivity index (χ4v) is 2.57. The number of hydrogen-bond acceptors (Lipinski definition) is 4. The van der Waals surface area contributed by atoms with E-state index in [1.54, 1.807) is 61.5 Å². The molecule has 3 aromatic carbocycles.